The maximum Gasteiger partial charge on any atom is 0.156 e. The van der Waals surface area contributed by atoms with E-state index in [0.717, 1.165) is 36.9 Å². The summed E-state index contributed by atoms with van der Waals surface area (Å²) in [5, 5.41) is 27.1. The number of nitrogens with one attached hydrogen (secondary N) is 2. The molecule has 2 heterocycles. The van der Waals surface area contributed by atoms with Gasteiger partial charge in [-0.25, -0.2) is 4.39 Å². The first-order valence-corrected chi connectivity index (χ1v) is 8.85. The Kier molecular flexibility index (Phi) is 4.42. The SMILES string of the molecule is Cc1ccc(-c2nnc(NC3CCCNC3)c3cc(F)ccc23)c(O)c1. The van der Waals surface area contributed by atoms with E-state index in [-0.39, 0.29) is 17.6 Å². The number of nitrogens with zero attached hydrogens (tertiary/aromatic N) is 2. The van der Waals surface area contributed by atoms with Crippen LogP contribution in [-0.4, -0.2) is 34.4 Å². The van der Waals surface area contributed by atoms with Crippen LogP contribution >= 0.6 is 0 Å². The second kappa shape index (κ2) is 6.88. The highest BCUT2D eigenvalue weighted by molar-refractivity contribution is 6.01. The Morgan fingerprint density at radius 2 is 2.04 bits per heavy atom. The van der Waals surface area contributed by atoms with Crippen LogP contribution in [0.5, 0.6) is 5.75 Å². The third-order valence-electron chi connectivity index (χ3n) is 4.79. The number of phenolic OH excluding ortho intramolecular Hbond substituents is 1. The second-order valence-electron chi connectivity index (χ2n) is 6.80. The number of halogens is 1. The van der Waals surface area contributed by atoms with Crippen LogP contribution < -0.4 is 10.6 Å². The van der Waals surface area contributed by atoms with E-state index in [9.17, 15) is 9.50 Å². The molecule has 0 amide bonds. The highest BCUT2D eigenvalue weighted by Gasteiger charge is 2.18. The van der Waals surface area contributed by atoms with Gasteiger partial charge < -0.3 is 15.7 Å². The predicted octanol–water partition coefficient (Wildman–Crippen LogP) is 3.61. The number of benzene rings is 2. The topological polar surface area (TPSA) is 70.1 Å². The average Bonchev–Trinajstić information content (AvgIpc) is 2.63. The molecule has 0 aliphatic carbocycles. The fourth-order valence-corrected chi connectivity index (χ4v) is 3.44. The number of fused-ring (bicyclic) bond motifs is 1. The Labute approximate surface area is 151 Å². The summed E-state index contributed by atoms with van der Waals surface area (Å²) < 4.78 is 13.9. The zero-order valence-corrected chi connectivity index (χ0v) is 14.6. The minimum Gasteiger partial charge on any atom is -0.507 e. The molecule has 1 fully saturated rings. The number of anilines is 1. The molecule has 0 radical (unpaired) electrons. The zero-order chi connectivity index (χ0) is 18.1. The lowest BCUT2D eigenvalue weighted by Gasteiger charge is -2.24. The van der Waals surface area contributed by atoms with E-state index in [4.69, 9.17) is 0 Å². The van der Waals surface area contributed by atoms with Gasteiger partial charge in [0.05, 0.1) is 0 Å². The minimum absolute atomic E-state index is 0.141. The van der Waals surface area contributed by atoms with Gasteiger partial charge >= 0.3 is 0 Å². The lowest BCUT2D eigenvalue weighted by molar-refractivity contribution is 0.476. The summed E-state index contributed by atoms with van der Waals surface area (Å²) in [5.74, 6) is 0.389. The zero-order valence-electron chi connectivity index (χ0n) is 14.6. The Morgan fingerprint density at radius 1 is 1.15 bits per heavy atom. The first-order valence-electron chi connectivity index (χ1n) is 8.85. The molecule has 5 nitrogen and oxygen atoms in total. The molecule has 26 heavy (non-hydrogen) atoms. The summed E-state index contributed by atoms with van der Waals surface area (Å²) in [6.07, 6.45) is 2.12. The van der Waals surface area contributed by atoms with Crippen molar-refractivity contribution < 1.29 is 9.50 Å². The van der Waals surface area contributed by atoms with Gasteiger partial charge in [0, 0.05) is 28.9 Å². The molecular weight excluding hydrogens is 331 g/mol. The van der Waals surface area contributed by atoms with Crippen molar-refractivity contribution in [2.24, 2.45) is 0 Å². The molecule has 4 rings (SSSR count). The maximum atomic E-state index is 13.9. The molecule has 1 aliphatic heterocycles. The lowest BCUT2D eigenvalue weighted by Crippen LogP contribution is -2.38. The van der Waals surface area contributed by atoms with Crippen LogP contribution in [0, 0.1) is 12.7 Å². The van der Waals surface area contributed by atoms with Crippen molar-refractivity contribution in [3.63, 3.8) is 0 Å². The Balaban J connectivity index is 1.82. The Morgan fingerprint density at radius 3 is 2.81 bits per heavy atom. The van der Waals surface area contributed by atoms with Gasteiger partial charge in [-0.3, -0.25) is 0 Å². The van der Waals surface area contributed by atoms with Crippen LogP contribution in [0.25, 0.3) is 22.0 Å². The smallest absolute Gasteiger partial charge is 0.156 e. The summed E-state index contributed by atoms with van der Waals surface area (Å²) in [6.45, 7) is 3.78. The lowest BCUT2D eigenvalue weighted by atomic mass is 10.0. The summed E-state index contributed by atoms with van der Waals surface area (Å²) in [4.78, 5) is 0. The molecule has 3 aromatic rings. The van der Waals surface area contributed by atoms with Crippen molar-refractivity contribution in [3.8, 4) is 17.0 Å². The number of hydrogen-bond donors (Lipinski definition) is 3. The predicted molar refractivity (Wildman–Crippen MR) is 101 cm³/mol. The summed E-state index contributed by atoms with van der Waals surface area (Å²) in [6, 6.07) is 10.2. The molecule has 2 aromatic carbocycles. The Bertz CT molecular complexity index is 954. The number of aryl methyl sites for hydroxylation is 1. The monoisotopic (exact) mass is 352 g/mol. The number of aromatic nitrogens is 2. The molecule has 3 N–H and O–H groups in total. The molecular formula is C20H21FN4O. The third kappa shape index (κ3) is 3.20. The average molecular weight is 352 g/mol. The fraction of sp³-hybridized carbons (Fsp3) is 0.300. The van der Waals surface area contributed by atoms with Crippen molar-refractivity contribution in [2.75, 3.05) is 18.4 Å². The van der Waals surface area contributed by atoms with Crippen molar-refractivity contribution in [3.05, 3.63) is 47.8 Å². The van der Waals surface area contributed by atoms with Gasteiger partial charge in [-0.1, -0.05) is 6.07 Å². The van der Waals surface area contributed by atoms with Gasteiger partial charge in [0.25, 0.3) is 0 Å². The number of piperidine rings is 1. The van der Waals surface area contributed by atoms with Crippen LogP contribution in [0.1, 0.15) is 18.4 Å². The van der Waals surface area contributed by atoms with Crippen molar-refractivity contribution in [1.82, 2.24) is 15.5 Å². The molecule has 0 saturated carbocycles. The van der Waals surface area contributed by atoms with E-state index in [2.05, 4.69) is 20.8 Å². The number of rotatable bonds is 3. The molecule has 1 atom stereocenters. The molecule has 6 heteroatoms. The molecule has 134 valence electrons. The van der Waals surface area contributed by atoms with Gasteiger partial charge in [-0.2, -0.15) is 0 Å². The number of phenols is 1. The van der Waals surface area contributed by atoms with Crippen LogP contribution in [0.2, 0.25) is 0 Å². The summed E-state index contributed by atoms with van der Waals surface area (Å²) in [7, 11) is 0. The van der Waals surface area contributed by atoms with E-state index in [1.807, 2.05) is 19.1 Å². The fourth-order valence-electron chi connectivity index (χ4n) is 3.44. The van der Waals surface area contributed by atoms with Crippen LogP contribution in [0.15, 0.2) is 36.4 Å². The first kappa shape index (κ1) is 16.7. The van der Waals surface area contributed by atoms with E-state index < -0.39 is 0 Å². The molecule has 0 spiro atoms. The standard InChI is InChI=1S/C20H21FN4O/c1-12-4-6-16(18(26)9-12)19-15-7-5-13(21)10-17(15)20(25-24-19)23-14-3-2-8-22-11-14/h4-7,9-10,14,22,26H,2-3,8,11H2,1H3,(H,23,25). The quantitative estimate of drug-likeness (QED) is 0.672. The highest BCUT2D eigenvalue weighted by atomic mass is 19.1. The first-order chi connectivity index (χ1) is 12.6. The van der Waals surface area contributed by atoms with Crippen molar-refractivity contribution in [1.29, 1.82) is 0 Å². The molecule has 1 unspecified atom stereocenters. The van der Waals surface area contributed by atoms with E-state index in [1.165, 1.54) is 12.1 Å². The third-order valence-corrected chi connectivity index (χ3v) is 4.79. The largest absolute Gasteiger partial charge is 0.507 e. The molecule has 1 saturated heterocycles. The van der Waals surface area contributed by atoms with Gasteiger partial charge in [0.2, 0.25) is 0 Å². The van der Waals surface area contributed by atoms with Gasteiger partial charge in [0.1, 0.15) is 17.3 Å². The van der Waals surface area contributed by atoms with Crippen LogP contribution in [0.3, 0.4) is 0 Å². The molecule has 1 aromatic heterocycles. The van der Waals surface area contributed by atoms with Crippen LogP contribution in [-0.2, 0) is 0 Å². The van der Waals surface area contributed by atoms with E-state index in [0.29, 0.717) is 22.5 Å². The molecule has 1 aliphatic rings. The van der Waals surface area contributed by atoms with E-state index in [1.54, 1.807) is 12.1 Å². The summed E-state index contributed by atoms with van der Waals surface area (Å²) in [5.41, 5.74) is 2.09. The summed E-state index contributed by atoms with van der Waals surface area (Å²) >= 11 is 0. The molecule has 0 bridgehead atoms. The van der Waals surface area contributed by atoms with Crippen LogP contribution in [0.4, 0.5) is 10.2 Å². The van der Waals surface area contributed by atoms with Crippen molar-refractivity contribution >= 4 is 16.6 Å². The second-order valence-corrected chi connectivity index (χ2v) is 6.80. The normalized spacial score (nSPS) is 17.4. The number of aromatic hydroxyl groups is 1. The van der Waals surface area contributed by atoms with E-state index >= 15 is 0 Å². The Hall–Kier alpha value is -2.73. The van der Waals surface area contributed by atoms with Crippen molar-refractivity contribution in [2.45, 2.75) is 25.8 Å². The maximum absolute atomic E-state index is 13.9. The van der Waals surface area contributed by atoms with Gasteiger partial charge in [-0.15, -0.1) is 10.2 Å². The van der Waals surface area contributed by atoms with Gasteiger partial charge in [0.15, 0.2) is 5.82 Å². The minimum atomic E-state index is -0.325. The van der Waals surface area contributed by atoms with Gasteiger partial charge in [-0.05, 0) is 62.2 Å². The highest BCUT2D eigenvalue weighted by Crippen LogP contribution is 2.35. The number of hydrogen-bond acceptors (Lipinski definition) is 5.